The molecule has 1 aliphatic heterocycles. The topological polar surface area (TPSA) is 59.0 Å². The molecule has 0 radical (unpaired) electrons. The molecule has 7 heteroatoms. The molecule has 0 bridgehead atoms. The Kier molecular flexibility index (Phi) is 6.58. The summed E-state index contributed by atoms with van der Waals surface area (Å²) in [5, 5.41) is 1.18. The second-order valence-corrected chi connectivity index (χ2v) is 9.64. The van der Waals surface area contributed by atoms with Crippen molar-refractivity contribution in [1.29, 1.82) is 0 Å². The number of benzene rings is 3. The van der Waals surface area contributed by atoms with Crippen molar-refractivity contribution in [3.05, 3.63) is 83.4 Å². The van der Waals surface area contributed by atoms with Crippen LogP contribution in [0.4, 0.5) is 5.69 Å². The summed E-state index contributed by atoms with van der Waals surface area (Å²) in [4.78, 5) is 31.3. The zero-order chi connectivity index (χ0) is 23.6. The van der Waals surface area contributed by atoms with Crippen molar-refractivity contribution in [2.24, 2.45) is 4.99 Å². The number of amides is 1. The maximum absolute atomic E-state index is 13.6. The van der Waals surface area contributed by atoms with Gasteiger partial charge in [0.15, 0.2) is 5.17 Å². The average molecular weight is 479 g/mol. The molecule has 33 heavy (non-hydrogen) atoms. The minimum atomic E-state index is -0.399. The number of carbonyl (C=O) groups is 2. The highest BCUT2D eigenvalue weighted by atomic mass is 35.5. The minimum Gasteiger partial charge on any atom is -0.427 e. The number of para-hydroxylation sites is 1. The summed E-state index contributed by atoms with van der Waals surface area (Å²) in [7, 11) is 0. The predicted molar refractivity (Wildman–Crippen MR) is 134 cm³/mol. The average Bonchev–Trinajstić information content (AvgIpc) is 3.09. The molecule has 0 atom stereocenters. The van der Waals surface area contributed by atoms with Gasteiger partial charge in [-0.15, -0.1) is 0 Å². The van der Waals surface area contributed by atoms with Crippen molar-refractivity contribution in [3.8, 4) is 16.9 Å². The van der Waals surface area contributed by atoms with Crippen LogP contribution >= 0.6 is 23.4 Å². The molecule has 1 aliphatic rings. The van der Waals surface area contributed by atoms with E-state index in [1.165, 1.54) is 6.92 Å². The Labute approximate surface area is 202 Å². The van der Waals surface area contributed by atoms with Crippen LogP contribution in [-0.4, -0.2) is 33.2 Å². The van der Waals surface area contributed by atoms with Gasteiger partial charge in [0.2, 0.25) is 0 Å². The number of rotatable bonds is 4. The third-order valence-electron chi connectivity index (χ3n) is 5.18. The molecule has 0 aromatic heterocycles. The number of halogens is 1. The smallest absolute Gasteiger partial charge is 0.308 e. The van der Waals surface area contributed by atoms with Crippen LogP contribution in [-0.2, 0) is 4.79 Å². The lowest BCUT2D eigenvalue weighted by molar-refractivity contribution is -0.131. The summed E-state index contributed by atoms with van der Waals surface area (Å²) in [5.74, 6) is 0.735. The summed E-state index contributed by atoms with van der Waals surface area (Å²) in [6.45, 7) is 5.43. The summed E-state index contributed by atoms with van der Waals surface area (Å²) in [6.07, 6.45) is 0. The molecule has 0 saturated carbocycles. The van der Waals surface area contributed by atoms with E-state index in [1.54, 1.807) is 34.9 Å². The molecule has 1 fully saturated rings. The zero-order valence-electron chi connectivity index (χ0n) is 18.5. The van der Waals surface area contributed by atoms with Gasteiger partial charge in [-0.2, -0.15) is 0 Å². The van der Waals surface area contributed by atoms with Crippen LogP contribution in [0, 0.1) is 0 Å². The summed E-state index contributed by atoms with van der Waals surface area (Å²) in [5.41, 5.74) is 2.62. The molecule has 5 nitrogen and oxygen atoms in total. The number of carbonyl (C=O) groups excluding carboxylic acids is 2. The quantitative estimate of drug-likeness (QED) is 0.313. The number of nitrogens with zero attached hydrogens (tertiary/aromatic N) is 2. The molecule has 3 aromatic carbocycles. The number of hydrogen-bond donors (Lipinski definition) is 0. The van der Waals surface area contributed by atoms with E-state index in [-0.39, 0.29) is 11.9 Å². The van der Waals surface area contributed by atoms with E-state index in [0.29, 0.717) is 27.2 Å². The molecular formula is C26H23ClN2O3S. The fraction of sp³-hybridized carbons (Fsp3) is 0.192. The van der Waals surface area contributed by atoms with Crippen molar-refractivity contribution in [1.82, 2.24) is 4.90 Å². The lowest BCUT2D eigenvalue weighted by atomic mass is 10.0. The van der Waals surface area contributed by atoms with E-state index in [0.717, 1.165) is 16.9 Å². The van der Waals surface area contributed by atoms with Gasteiger partial charge in [-0.05, 0) is 61.4 Å². The second-order valence-electron chi connectivity index (χ2n) is 8.29. The van der Waals surface area contributed by atoms with Crippen LogP contribution in [0.1, 0.15) is 31.1 Å². The van der Waals surface area contributed by atoms with Crippen molar-refractivity contribution >= 4 is 46.1 Å². The molecule has 1 saturated heterocycles. The largest absolute Gasteiger partial charge is 0.427 e. The lowest BCUT2D eigenvalue weighted by Gasteiger charge is -2.30. The normalized spacial score (nSPS) is 16.1. The fourth-order valence-electron chi connectivity index (χ4n) is 3.56. The Bertz CT molecular complexity index is 1240. The highest BCUT2D eigenvalue weighted by molar-refractivity contribution is 8.14. The summed E-state index contributed by atoms with van der Waals surface area (Å²) < 4.78 is 5.10. The molecule has 3 aromatic rings. The number of ether oxygens (including phenoxy) is 1. The Morgan fingerprint density at radius 1 is 1.00 bits per heavy atom. The summed E-state index contributed by atoms with van der Waals surface area (Å²) in [6, 6.07) is 22.0. The second kappa shape index (κ2) is 9.41. The van der Waals surface area contributed by atoms with Gasteiger partial charge >= 0.3 is 5.97 Å². The SMILES string of the molecule is CC(=O)Oc1ccc(-c2cccc(C(=O)N3C(=Nc4ccccc4Cl)SCC3(C)C)c2)cc1. The van der Waals surface area contributed by atoms with E-state index >= 15 is 0 Å². The van der Waals surface area contributed by atoms with Crippen molar-refractivity contribution < 1.29 is 14.3 Å². The first kappa shape index (κ1) is 23.1. The van der Waals surface area contributed by atoms with Gasteiger partial charge in [0, 0.05) is 18.2 Å². The zero-order valence-corrected chi connectivity index (χ0v) is 20.1. The van der Waals surface area contributed by atoms with Gasteiger partial charge in [-0.3, -0.25) is 14.5 Å². The fourth-order valence-corrected chi connectivity index (χ4v) is 4.97. The van der Waals surface area contributed by atoms with E-state index < -0.39 is 5.54 Å². The van der Waals surface area contributed by atoms with Crippen molar-refractivity contribution in [2.75, 3.05) is 5.75 Å². The maximum atomic E-state index is 13.6. The maximum Gasteiger partial charge on any atom is 0.308 e. The van der Waals surface area contributed by atoms with Gasteiger partial charge in [0.25, 0.3) is 5.91 Å². The third kappa shape index (κ3) is 5.13. The highest BCUT2D eigenvalue weighted by Crippen LogP contribution is 2.37. The van der Waals surface area contributed by atoms with E-state index in [2.05, 4.69) is 0 Å². The van der Waals surface area contributed by atoms with Crippen LogP contribution in [0.25, 0.3) is 11.1 Å². The number of thioether (sulfide) groups is 1. The van der Waals surface area contributed by atoms with E-state index in [1.807, 2.05) is 68.4 Å². The van der Waals surface area contributed by atoms with Crippen LogP contribution in [0.2, 0.25) is 5.02 Å². The van der Waals surface area contributed by atoms with Gasteiger partial charge in [-0.25, -0.2) is 4.99 Å². The highest BCUT2D eigenvalue weighted by Gasteiger charge is 2.41. The predicted octanol–water partition coefficient (Wildman–Crippen LogP) is 6.59. The first-order chi connectivity index (χ1) is 15.7. The Morgan fingerprint density at radius 2 is 1.73 bits per heavy atom. The number of hydrogen-bond acceptors (Lipinski definition) is 5. The first-order valence-electron chi connectivity index (χ1n) is 10.4. The monoisotopic (exact) mass is 478 g/mol. The molecule has 0 unspecified atom stereocenters. The third-order valence-corrected chi connectivity index (χ3v) is 6.88. The van der Waals surface area contributed by atoms with Gasteiger partial charge in [0.1, 0.15) is 5.75 Å². The van der Waals surface area contributed by atoms with Crippen molar-refractivity contribution in [3.63, 3.8) is 0 Å². The molecule has 1 heterocycles. The number of esters is 1. The van der Waals surface area contributed by atoms with E-state index in [9.17, 15) is 9.59 Å². The lowest BCUT2D eigenvalue weighted by Crippen LogP contribution is -2.46. The number of amidine groups is 1. The van der Waals surface area contributed by atoms with Crippen LogP contribution < -0.4 is 4.74 Å². The van der Waals surface area contributed by atoms with Crippen LogP contribution in [0.3, 0.4) is 0 Å². The molecule has 168 valence electrons. The molecule has 0 aliphatic carbocycles. The Morgan fingerprint density at radius 3 is 2.42 bits per heavy atom. The molecular weight excluding hydrogens is 456 g/mol. The van der Waals surface area contributed by atoms with Gasteiger partial charge in [0.05, 0.1) is 16.2 Å². The molecule has 1 amide bonds. The van der Waals surface area contributed by atoms with Crippen molar-refractivity contribution in [2.45, 2.75) is 26.3 Å². The summed E-state index contributed by atoms with van der Waals surface area (Å²) >= 11 is 7.84. The van der Waals surface area contributed by atoms with Gasteiger partial charge < -0.3 is 4.74 Å². The first-order valence-corrected chi connectivity index (χ1v) is 11.8. The van der Waals surface area contributed by atoms with Gasteiger partial charge in [-0.1, -0.05) is 59.8 Å². The van der Waals surface area contributed by atoms with Crippen LogP contribution in [0.5, 0.6) is 5.75 Å². The van der Waals surface area contributed by atoms with E-state index in [4.69, 9.17) is 21.3 Å². The standard InChI is InChI=1S/C26H23ClN2O3S/c1-17(30)32-21-13-11-18(12-14-21)19-7-6-8-20(15-19)24(31)29-25(33-16-26(29,2)3)28-23-10-5-4-9-22(23)27/h4-15H,16H2,1-3H3. The van der Waals surface area contributed by atoms with Crippen LogP contribution in [0.15, 0.2) is 77.8 Å². The Hall–Kier alpha value is -3.09. The molecule has 0 N–H and O–H groups in total. The Balaban J connectivity index is 1.65. The number of aliphatic imine (C=N–C) groups is 1. The molecule has 4 rings (SSSR count). The minimum absolute atomic E-state index is 0.116. The molecule has 0 spiro atoms.